The van der Waals surface area contributed by atoms with Crippen LogP contribution in [0.1, 0.15) is 39.9 Å². The van der Waals surface area contributed by atoms with Crippen molar-refractivity contribution in [1.82, 2.24) is 14.3 Å². The number of ether oxygens (including phenoxy) is 2. The summed E-state index contributed by atoms with van der Waals surface area (Å²) in [5.41, 5.74) is 5.37. The van der Waals surface area contributed by atoms with Crippen molar-refractivity contribution in [2.24, 2.45) is 0 Å². The van der Waals surface area contributed by atoms with Crippen molar-refractivity contribution in [3.8, 4) is 5.75 Å². The Balaban J connectivity index is 1.60. The number of rotatable bonds is 9. The van der Waals surface area contributed by atoms with E-state index in [1.54, 1.807) is 11.6 Å². The molecule has 7 nitrogen and oxygen atoms in total. The van der Waals surface area contributed by atoms with E-state index < -0.39 is 6.10 Å². The Morgan fingerprint density at radius 1 is 1.09 bits per heavy atom. The van der Waals surface area contributed by atoms with E-state index in [4.69, 9.17) is 9.47 Å². The largest absolute Gasteiger partial charge is 0.491 e. The van der Waals surface area contributed by atoms with Gasteiger partial charge in [-0.3, -0.25) is 4.68 Å². The molecule has 1 atom stereocenters. The molecule has 0 aliphatic heterocycles. The van der Waals surface area contributed by atoms with Gasteiger partial charge in [0.25, 0.3) is 0 Å². The van der Waals surface area contributed by atoms with E-state index in [9.17, 15) is 9.90 Å². The fourth-order valence-electron chi connectivity index (χ4n) is 4.29. The summed E-state index contributed by atoms with van der Waals surface area (Å²) in [6.07, 6.45) is -0.720. The van der Waals surface area contributed by atoms with Crippen molar-refractivity contribution in [2.75, 3.05) is 13.2 Å². The Morgan fingerprint density at radius 3 is 2.53 bits per heavy atom. The summed E-state index contributed by atoms with van der Waals surface area (Å²) in [5, 5.41) is 15.6. The molecule has 0 saturated heterocycles. The summed E-state index contributed by atoms with van der Waals surface area (Å²) in [5.74, 6) is 0.237. The normalized spacial score (nSPS) is 12.1. The van der Waals surface area contributed by atoms with Crippen LogP contribution in [0.4, 0.5) is 0 Å². The zero-order valence-electron chi connectivity index (χ0n) is 20.1. The Bertz CT molecular complexity index is 1290. The van der Waals surface area contributed by atoms with E-state index in [-0.39, 0.29) is 12.6 Å². The molecule has 4 aromatic rings. The second-order valence-corrected chi connectivity index (χ2v) is 8.51. The van der Waals surface area contributed by atoms with Gasteiger partial charge < -0.3 is 19.1 Å². The number of carbonyl (C=O) groups is 1. The molecule has 0 radical (unpaired) electrons. The summed E-state index contributed by atoms with van der Waals surface area (Å²) in [6.45, 7) is 9.03. The molecule has 0 spiro atoms. The van der Waals surface area contributed by atoms with Crippen molar-refractivity contribution < 1.29 is 19.4 Å². The van der Waals surface area contributed by atoms with Crippen molar-refractivity contribution in [1.29, 1.82) is 0 Å². The Kier molecular flexibility index (Phi) is 7.03. The van der Waals surface area contributed by atoms with Gasteiger partial charge >= 0.3 is 5.97 Å². The maximum absolute atomic E-state index is 12.8. The van der Waals surface area contributed by atoms with Gasteiger partial charge in [-0.05, 0) is 57.5 Å². The summed E-state index contributed by atoms with van der Waals surface area (Å²) in [6, 6.07) is 17.8. The third-order valence-corrected chi connectivity index (χ3v) is 5.89. The Morgan fingerprint density at radius 2 is 1.85 bits per heavy atom. The number of aliphatic hydroxyl groups excluding tert-OH is 1. The molecule has 0 fully saturated rings. The molecule has 0 saturated carbocycles. The number of esters is 1. The number of hydrogen-bond donors (Lipinski definition) is 1. The first-order chi connectivity index (χ1) is 16.4. The highest BCUT2D eigenvalue weighted by Gasteiger charge is 2.22. The lowest BCUT2D eigenvalue weighted by Gasteiger charge is -2.14. The second kappa shape index (κ2) is 10.1. The lowest BCUT2D eigenvalue weighted by molar-refractivity contribution is 0.0527. The summed E-state index contributed by atoms with van der Waals surface area (Å²) in [4.78, 5) is 12.8. The van der Waals surface area contributed by atoms with Gasteiger partial charge in [0.15, 0.2) is 0 Å². The van der Waals surface area contributed by atoms with Gasteiger partial charge in [-0.1, -0.05) is 30.3 Å². The highest BCUT2D eigenvalue weighted by atomic mass is 16.5. The number of aliphatic hydroxyl groups is 1. The molecule has 34 heavy (non-hydrogen) atoms. The van der Waals surface area contributed by atoms with Crippen LogP contribution in [0, 0.1) is 20.8 Å². The highest BCUT2D eigenvalue weighted by Crippen LogP contribution is 2.31. The number of carbonyl (C=O) groups excluding carboxylic acids is 1. The molecule has 0 bridgehead atoms. The molecule has 7 heteroatoms. The van der Waals surface area contributed by atoms with Gasteiger partial charge in [0.05, 0.1) is 24.4 Å². The molecule has 0 aliphatic carbocycles. The van der Waals surface area contributed by atoms with Gasteiger partial charge in [0.1, 0.15) is 18.5 Å². The van der Waals surface area contributed by atoms with Gasteiger partial charge in [-0.15, -0.1) is 0 Å². The van der Waals surface area contributed by atoms with Crippen LogP contribution < -0.4 is 4.74 Å². The minimum Gasteiger partial charge on any atom is -0.491 e. The molecular weight excluding hydrogens is 430 g/mol. The van der Waals surface area contributed by atoms with Crippen LogP contribution in [-0.2, 0) is 17.8 Å². The third-order valence-electron chi connectivity index (χ3n) is 5.89. The first-order valence-electron chi connectivity index (χ1n) is 11.5. The molecule has 2 aromatic carbocycles. The quantitative estimate of drug-likeness (QED) is 0.373. The molecular formula is C27H31N3O4. The second-order valence-electron chi connectivity index (χ2n) is 8.51. The van der Waals surface area contributed by atoms with E-state index in [0.29, 0.717) is 31.0 Å². The van der Waals surface area contributed by atoms with Crippen molar-refractivity contribution in [2.45, 2.75) is 46.9 Å². The predicted octanol–water partition coefficient (Wildman–Crippen LogP) is 4.43. The van der Waals surface area contributed by atoms with Gasteiger partial charge in [-0.2, -0.15) is 5.10 Å². The fourth-order valence-corrected chi connectivity index (χ4v) is 4.29. The smallest absolute Gasteiger partial charge is 0.340 e. The molecule has 2 heterocycles. The van der Waals surface area contributed by atoms with Crippen LogP contribution in [-0.4, -0.2) is 44.7 Å². The van der Waals surface area contributed by atoms with E-state index in [1.165, 1.54) is 0 Å². The molecule has 4 rings (SSSR count). The lowest BCUT2D eigenvalue weighted by atomic mass is 10.1. The maximum Gasteiger partial charge on any atom is 0.340 e. The molecule has 178 valence electrons. The predicted molar refractivity (Wildman–Crippen MR) is 131 cm³/mol. The monoisotopic (exact) mass is 461 g/mol. The van der Waals surface area contributed by atoms with Crippen molar-refractivity contribution >= 4 is 16.9 Å². The van der Waals surface area contributed by atoms with Crippen LogP contribution in [0.3, 0.4) is 0 Å². The molecule has 0 unspecified atom stereocenters. The summed E-state index contributed by atoms with van der Waals surface area (Å²) >= 11 is 0. The third kappa shape index (κ3) is 4.99. The fraction of sp³-hybridized carbons (Fsp3) is 0.333. The topological polar surface area (TPSA) is 78.5 Å². The number of aromatic nitrogens is 3. The number of aryl methyl sites for hydroxylation is 2. The first kappa shape index (κ1) is 23.6. The molecule has 0 amide bonds. The summed E-state index contributed by atoms with van der Waals surface area (Å²) in [7, 11) is 0. The van der Waals surface area contributed by atoms with E-state index in [2.05, 4.69) is 21.8 Å². The number of fused-ring (bicyclic) bond motifs is 1. The standard InChI is InChI=1S/C27H31N3O4/c1-5-33-27(32)26-20(4)29(15-21-9-7-6-8-10-21)25-12-11-23(14-24(25)26)34-17-22(31)16-30-19(3)13-18(2)28-30/h6-14,22,31H,5,15-17H2,1-4H3/t22-/m0/s1. The number of hydrogen-bond acceptors (Lipinski definition) is 5. The zero-order valence-corrected chi connectivity index (χ0v) is 20.1. The highest BCUT2D eigenvalue weighted by molar-refractivity contribution is 6.06. The number of nitrogens with zero attached hydrogens (tertiary/aromatic N) is 3. The molecule has 2 aromatic heterocycles. The van der Waals surface area contributed by atoms with E-state index >= 15 is 0 Å². The van der Waals surface area contributed by atoms with Gasteiger partial charge in [-0.25, -0.2) is 4.79 Å². The lowest BCUT2D eigenvalue weighted by Crippen LogP contribution is -2.24. The van der Waals surface area contributed by atoms with E-state index in [1.807, 2.05) is 63.2 Å². The van der Waals surface area contributed by atoms with Crippen molar-refractivity contribution in [3.05, 3.63) is 82.8 Å². The average Bonchev–Trinajstić information content (AvgIpc) is 3.27. The minimum absolute atomic E-state index is 0.113. The van der Waals surface area contributed by atoms with Crippen LogP contribution in [0.5, 0.6) is 5.75 Å². The maximum atomic E-state index is 12.8. The Hall–Kier alpha value is -3.58. The SMILES string of the molecule is CCOC(=O)c1c(C)n(Cc2ccccc2)c2ccc(OC[C@@H](O)Cn3nc(C)cc3C)cc12. The summed E-state index contributed by atoms with van der Waals surface area (Å²) < 4.78 is 15.2. The average molecular weight is 462 g/mol. The van der Waals surface area contributed by atoms with Crippen LogP contribution in [0.25, 0.3) is 10.9 Å². The minimum atomic E-state index is -0.720. The zero-order chi connectivity index (χ0) is 24.2. The first-order valence-corrected chi connectivity index (χ1v) is 11.5. The molecule has 0 aliphatic rings. The molecule has 1 N–H and O–H groups in total. The van der Waals surface area contributed by atoms with Crippen LogP contribution in [0.2, 0.25) is 0 Å². The van der Waals surface area contributed by atoms with Gasteiger partial charge in [0, 0.05) is 28.8 Å². The van der Waals surface area contributed by atoms with Crippen LogP contribution >= 0.6 is 0 Å². The van der Waals surface area contributed by atoms with Gasteiger partial charge in [0.2, 0.25) is 0 Å². The van der Waals surface area contributed by atoms with E-state index in [0.717, 1.165) is 33.5 Å². The van der Waals surface area contributed by atoms with Crippen LogP contribution in [0.15, 0.2) is 54.6 Å². The number of benzene rings is 2. The Labute approximate surface area is 199 Å². The van der Waals surface area contributed by atoms with Crippen molar-refractivity contribution in [3.63, 3.8) is 0 Å².